The maximum absolute atomic E-state index is 4.99. The standard InChI is InChI=1S/C5H10N/c1-4-6-5(2)3/h1,4-6H,2-3H3. The lowest BCUT2D eigenvalue weighted by Crippen LogP contribution is -2.14. The number of hydrogen-bond acceptors (Lipinski definition) is 1. The molecule has 0 unspecified atom stereocenters. The van der Waals surface area contributed by atoms with Gasteiger partial charge in [-0.2, -0.15) is 0 Å². The van der Waals surface area contributed by atoms with Gasteiger partial charge in [0.25, 0.3) is 0 Å². The van der Waals surface area contributed by atoms with Crippen LogP contribution in [0.4, 0.5) is 0 Å². The Bertz CT molecular complexity index is 39.2. The highest BCUT2D eigenvalue weighted by molar-refractivity contribution is 4.61. The molecule has 1 nitrogen and oxygen atoms in total. The number of hydrogen-bond donors (Lipinski definition) is 1. The van der Waals surface area contributed by atoms with E-state index in [9.17, 15) is 0 Å². The summed E-state index contributed by atoms with van der Waals surface area (Å²) in [6.45, 7) is 9.06. The summed E-state index contributed by atoms with van der Waals surface area (Å²) in [5, 5.41) is 2.86. The van der Waals surface area contributed by atoms with Gasteiger partial charge in [-0.05, 0) is 26.6 Å². The summed E-state index contributed by atoms with van der Waals surface area (Å²) in [7, 11) is 0. The Morgan fingerprint density at radius 3 is 2.17 bits per heavy atom. The van der Waals surface area contributed by atoms with E-state index in [4.69, 9.17) is 6.58 Å². The van der Waals surface area contributed by atoms with Gasteiger partial charge in [0.1, 0.15) is 0 Å². The maximum Gasteiger partial charge on any atom is 0.0199 e. The third-order valence-corrected chi connectivity index (χ3v) is 0.430. The summed E-state index contributed by atoms with van der Waals surface area (Å²) in [4.78, 5) is 0. The van der Waals surface area contributed by atoms with E-state index >= 15 is 0 Å². The highest BCUT2D eigenvalue weighted by Gasteiger charge is 1.78. The van der Waals surface area contributed by atoms with Gasteiger partial charge < -0.3 is 5.32 Å². The van der Waals surface area contributed by atoms with Crippen LogP contribution in [-0.4, -0.2) is 6.04 Å². The molecule has 1 heteroatoms. The molecule has 6 heavy (non-hydrogen) atoms. The van der Waals surface area contributed by atoms with Gasteiger partial charge in [-0.15, -0.1) is 0 Å². The van der Waals surface area contributed by atoms with Crippen molar-refractivity contribution in [1.29, 1.82) is 0 Å². The van der Waals surface area contributed by atoms with Crippen LogP contribution in [0.1, 0.15) is 13.8 Å². The summed E-state index contributed by atoms with van der Waals surface area (Å²) >= 11 is 0. The molecule has 0 aliphatic carbocycles. The molecule has 0 spiro atoms. The highest BCUT2D eigenvalue weighted by atomic mass is 14.9. The molecule has 0 bridgehead atoms. The van der Waals surface area contributed by atoms with Crippen LogP contribution in [0.15, 0.2) is 6.20 Å². The second kappa shape index (κ2) is 2.76. The fourth-order valence-electron chi connectivity index (χ4n) is 0.192. The molecule has 0 aromatic heterocycles. The van der Waals surface area contributed by atoms with Crippen LogP contribution in [0, 0.1) is 6.58 Å². The zero-order valence-corrected chi connectivity index (χ0v) is 4.23. The van der Waals surface area contributed by atoms with Crippen molar-refractivity contribution < 1.29 is 0 Å². The van der Waals surface area contributed by atoms with Crippen molar-refractivity contribution in [3.63, 3.8) is 0 Å². The third-order valence-electron chi connectivity index (χ3n) is 0.430. The number of nitrogens with one attached hydrogen (secondary N) is 1. The summed E-state index contributed by atoms with van der Waals surface area (Å²) in [5.74, 6) is 0. The van der Waals surface area contributed by atoms with E-state index in [-0.39, 0.29) is 0 Å². The minimum Gasteiger partial charge on any atom is -0.389 e. The van der Waals surface area contributed by atoms with Crippen LogP contribution >= 0.6 is 0 Å². The van der Waals surface area contributed by atoms with Crippen LogP contribution in [-0.2, 0) is 0 Å². The van der Waals surface area contributed by atoms with Crippen LogP contribution in [0.5, 0.6) is 0 Å². The van der Waals surface area contributed by atoms with E-state index in [1.165, 1.54) is 6.20 Å². The van der Waals surface area contributed by atoms with Gasteiger partial charge in [0, 0.05) is 6.04 Å². The van der Waals surface area contributed by atoms with Crippen molar-refractivity contribution in [3.05, 3.63) is 12.8 Å². The lowest BCUT2D eigenvalue weighted by atomic mass is 10.4. The van der Waals surface area contributed by atoms with Gasteiger partial charge in [-0.25, -0.2) is 0 Å². The minimum absolute atomic E-state index is 0.468. The summed E-state index contributed by atoms with van der Waals surface area (Å²) in [5.41, 5.74) is 0. The molecule has 0 fully saturated rings. The Kier molecular flexibility index (Phi) is 2.55. The van der Waals surface area contributed by atoms with Crippen LogP contribution in [0.25, 0.3) is 0 Å². The minimum atomic E-state index is 0.468. The zero-order valence-electron chi connectivity index (χ0n) is 4.23. The SMILES string of the molecule is [CH]=CNC(C)C. The Morgan fingerprint density at radius 1 is 1.67 bits per heavy atom. The second-order valence-corrected chi connectivity index (χ2v) is 1.49. The Hall–Kier alpha value is -0.460. The van der Waals surface area contributed by atoms with E-state index < -0.39 is 0 Å². The van der Waals surface area contributed by atoms with Crippen molar-refractivity contribution in [3.8, 4) is 0 Å². The van der Waals surface area contributed by atoms with Crippen molar-refractivity contribution in [2.75, 3.05) is 0 Å². The molecule has 0 aromatic rings. The average molecular weight is 84.1 g/mol. The van der Waals surface area contributed by atoms with Crippen molar-refractivity contribution >= 4 is 0 Å². The Balaban J connectivity index is 2.81. The van der Waals surface area contributed by atoms with Crippen molar-refractivity contribution in [1.82, 2.24) is 5.32 Å². The lowest BCUT2D eigenvalue weighted by molar-refractivity contribution is 0.703. The fraction of sp³-hybridized carbons (Fsp3) is 0.600. The second-order valence-electron chi connectivity index (χ2n) is 1.49. The summed E-state index contributed by atoms with van der Waals surface area (Å²) in [6, 6.07) is 0.468. The molecular weight excluding hydrogens is 74.1 g/mol. The predicted octanol–water partition coefficient (Wildman–Crippen LogP) is 0.931. The van der Waals surface area contributed by atoms with Crippen LogP contribution in [0.2, 0.25) is 0 Å². The van der Waals surface area contributed by atoms with Gasteiger partial charge in [0.05, 0.1) is 0 Å². The average Bonchev–Trinajstić information content (AvgIpc) is 1.35. The van der Waals surface area contributed by atoms with Gasteiger partial charge >= 0.3 is 0 Å². The quantitative estimate of drug-likeness (QED) is 0.525. The Labute approximate surface area is 39.1 Å². The third kappa shape index (κ3) is 3.54. The van der Waals surface area contributed by atoms with E-state index in [0.29, 0.717) is 6.04 Å². The largest absolute Gasteiger partial charge is 0.389 e. The monoisotopic (exact) mass is 84.1 g/mol. The normalized spacial score (nSPS) is 8.50. The first-order valence-electron chi connectivity index (χ1n) is 2.07. The molecule has 0 saturated heterocycles. The van der Waals surface area contributed by atoms with Crippen molar-refractivity contribution in [2.45, 2.75) is 19.9 Å². The van der Waals surface area contributed by atoms with Gasteiger partial charge in [0.2, 0.25) is 0 Å². The van der Waals surface area contributed by atoms with Crippen LogP contribution in [0.3, 0.4) is 0 Å². The van der Waals surface area contributed by atoms with Gasteiger partial charge in [-0.1, -0.05) is 0 Å². The Morgan fingerprint density at radius 2 is 2.17 bits per heavy atom. The predicted molar refractivity (Wildman–Crippen MR) is 27.1 cm³/mol. The van der Waals surface area contributed by atoms with Gasteiger partial charge in [-0.3, -0.25) is 0 Å². The first kappa shape index (κ1) is 5.54. The van der Waals surface area contributed by atoms with Gasteiger partial charge in [0.15, 0.2) is 0 Å². The maximum atomic E-state index is 4.99. The molecule has 0 saturated carbocycles. The molecule has 1 N–H and O–H groups in total. The molecule has 0 aromatic carbocycles. The number of rotatable bonds is 2. The van der Waals surface area contributed by atoms with E-state index in [0.717, 1.165) is 0 Å². The van der Waals surface area contributed by atoms with Crippen molar-refractivity contribution in [2.24, 2.45) is 0 Å². The highest BCUT2D eigenvalue weighted by Crippen LogP contribution is 1.70. The molecule has 0 aliphatic rings. The molecule has 0 heterocycles. The lowest BCUT2D eigenvalue weighted by Gasteiger charge is -1.99. The first-order chi connectivity index (χ1) is 2.77. The molecule has 0 atom stereocenters. The fourth-order valence-corrected chi connectivity index (χ4v) is 0.192. The van der Waals surface area contributed by atoms with E-state index in [2.05, 4.69) is 5.32 Å². The summed E-state index contributed by atoms with van der Waals surface area (Å²) < 4.78 is 0. The van der Waals surface area contributed by atoms with E-state index in [1.807, 2.05) is 13.8 Å². The molecule has 0 amide bonds. The molecule has 0 aliphatic heterocycles. The smallest absolute Gasteiger partial charge is 0.0199 e. The topological polar surface area (TPSA) is 12.0 Å². The molecular formula is C5H10N. The zero-order chi connectivity index (χ0) is 4.99. The molecule has 35 valence electrons. The van der Waals surface area contributed by atoms with Crippen LogP contribution < -0.4 is 5.32 Å². The first-order valence-corrected chi connectivity index (χ1v) is 2.07. The molecule has 0 rings (SSSR count). The summed E-state index contributed by atoms with van der Waals surface area (Å²) in [6.07, 6.45) is 1.45. The molecule has 1 radical (unpaired) electrons. The van der Waals surface area contributed by atoms with E-state index in [1.54, 1.807) is 0 Å².